The molecule has 16 heteroatoms. The second-order valence-electron chi connectivity index (χ2n) is 14.0. The van der Waals surface area contributed by atoms with Crippen LogP contribution in [0.25, 0.3) is 0 Å². The number of halogens is 1. The number of aliphatic hydroxyl groups excluding tert-OH is 2. The summed E-state index contributed by atoms with van der Waals surface area (Å²) in [5, 5.41) is 17.3. The highest BCUT2D eigenvalue weighted by Crippen LogP contribution is 2.51. The van der Waals surface area contributed by atoms with Crippen molar-refractivity contribution in [2.24, 2.45) is 0 Å². The Labute approximate surface area is 417 Å². The fourth-order valence-corrected chi connectivity index (χ4v) is 13.3. The smallest absolute Gasteiger partial charge is 0.333 e. The summed E-state index contributed by atoms with van der Waals surface area (Å²) in [6.45, 7) is 16.7. The van der Waals surface area contributed by atoms with Crippen LogP contribution in [0.15, 0.2) is 168 Å². The molecule has 4 aromatic carbocycles. The summed E-state index contributed by atoms with van der Waals surface area (Å²) in [5.74, 6) is 3.05. The van der Waals surface area contributed by atoms with Gasteiger partial charge < -0.3 is 19.7 Å². The molecule has 0 atom stereocenters. The molecule has 0 fully saturated rings. The Balaban J connectivity index is 0.000000259. The van der Waals surface area contributed by atoms with E-state index in [-0.39, 0.29) is 25.2 Å². The number of fused-ring (bicyclic) bond motifs is 4. The first kappa shape index (κ1) is 54.3. The molecule has 0 bridgehead atoms. The molecule has 0 unspecified atom stereocenters. The van der Waals surface area contributed by atoms with Crippen LogP contribution in [-0.2, 0) is 23.9 Å². The molecule has 64 heavy (non-hydrogen) atoms. The van der Waals surface area contributed by atoms with Crippen molar-refractivity contribution in [3.63, 3.8) is 0 Å². The predicted molar refractivity (Wildman–Crippen MR) is 275 cm³/mol. The lowest BCUT2D eigenvalue weighted by Gasteiger charge is -2.19. The van der Waals surface area contributed by atoms with Gasteiger partial charge in [0.25, 0.3) is 0 Å². The zero-order valence-corrected chi connectivity index (χ0v) is 43.4. The van der Waals surface area contributed by atoms with Crippen molar-refractivity contribution in [1.82, 2.24) is 0 Å². The minimum absolute atomic E-state index is 0.258. The summed E-state index contributed by atoms with van der Waals surface area (Å²) < 4.78 is 10.3. The van der Waals surface area contributed by atoms with Crippen LogP contribution in [0.5, 0.6) is 0 Å². The number of esters is 2. The lowest BCUT2D eigenvalue weighted by atomic mass is 10.3. The molecule has 2 N–H and O–H groups in total. The van der Waals surface area contributed by atoms with E-state index in [0.29, 0.717) is 29.9 Å². The summed E-state index contributed by atoms with van der Waals surface area (Å²) in [6, 6.07) is 26.5. The topological polar surface area (TPSA) is 110 Å². The molecule has 4 aromatic rings. The first-order chi connectivity index (χ1) is 30.8. The van der Waals surface area contributed by atoms with E-state index in [4.69, 9.17) is 31.3 Å². The van der Waals surface area contributed by atoms with Crippen LogP contribution < -0.4 is 0 Å². The first-order valence-corrected chi connectivity index (χ1v) is 27.9. The van der Waals surface area contributed by atoms with Crippen molar-refractivity contribution in [3.05, 3.63) is 109 Å². The monoisotopic (exact) mass is 1030 g/mol. The van der Waals surface area contributed by atoms with Crippen molar-refractivity contribution < 1.29 is 34.1 Å². The number of carbonyl (C=O) groups excluding carboxylic acids is 3. The number of hydrogen-bond donors (Lipinski definition) is 2. The average Bonchev–Trinajstić information content (AvgIpc) is 3.27. The number of thioether (sulfide) groups is 4. The van der Waals surface area contributed by atoms with E-state index in [0.717, 1.165) is 48.7 Å². The van der Waals surface area contributed by atoms with Crippen molar-refractivity contribution in [3.8, 4) is 0 Å². The Kier molecular flexibility index (Phi) is 25.0. The average molecular weight is 1030 g/mol. The largest absolute Gasteiger partial charge is 0.462 e. The maximum atomic E-state index is 11.4. The summed E-state index contributed by atoms with van der Waals surface area (Å²) in [5.41, 5.74) is 1.26. The maximum absolute atomic E-state index is 11.4. The lowest BCUT2D eigenvalue weighted by Crippen LogP contribution is -2.06. The molecule has 0 radical (unpaired) electrons. The van der Waals surface area contributed by atoms with Gasteiger partial charge in [0, 0.05) is 112 Å². The minimum atomic E-state index is -0.463. The normalized spacial score (nSPS) is 11.8. The lowest BCUT2D eigenvalue weighted by molar-refractivity contribution is -0.139. The Hall–Kier alpha value is -2.28. The van der Waals surface area contributed by atoms with Crippen LogP contribution in [0.1, 0.15) is 46.5 Å². The molecule has 2 heterocycles. The highest BCUT2D eigenvalue weighted by atomic mass is 35.5. The summed E-state index contributed by atoms with van der Waals surface area (Å²) in [6.07, 6.45) is 3.29. The molecule has 0 saturated heterocycles. The number of carbonyl (C=O) groups is 3. The molecule has 0 aromatic heterocycles. The first-order valence-electron chi connectivity index (χ1n) is 20.3. The number of ether oxygens (including phenoxy) is 2. The van der Waals surface area contributed by atoms with Crippen LogP contribution in [-0.4, -0.2) is 76.8 Å². The van der Waals surface area contributed by atoms with Crippen LogP contribution in [0.3, 0.4) is 0 Å². The third-order valence-electron chi connectivity index (χ3n) is 8.30. The molecule has 0 saturated carbocycles. The summed E-state index contributed by atoms with van der Waals surface area (Å²) in [4.78, 5) is 48.0. The number of benzene rings is 4. The van der Waals surface area contributed by atoms with Gasteiger partial charge in [0.2, 0.25) is 5.24 Å². The standard InChI is InChI=1S/C26H28O4S4.C18H20O2S4.C4H5ClO/c1-17(2)25(27)29-11-5-13-31-19-7-9-21-23(15-19)33-22-10-8-20(16-24(22)34-21)32-14-6-12-30-26(28)18(3)4;19-7-1-9-21-13-3-5-15-17(11-13)23-16-6-4-14(12-18(16)24-15)22-10-2-8-20;1-3(2)4(5)6/h7-10,15-16H,1,3,5-6,11-14H2,2,4H3;3-6,11-12,19-20H,1-2,7-10H2;1H2,2H3. The molecular weight excluding hydrogens is 981 g/mol. The van der Waals surface area contributed by atoms with Crippen molar-refractivity contribution in [2.75, 3.05) is 49.4 Å². The van der Waals surface area contributed by atoms with Crippen molar-refractivity contribution >= 4 is 123 Å². The third-order valence-corrected chi connectivity index (χ3v) is 18.0. The molecule has 0 spiro atoms. The zero-order chi connectivity index (χ0) is 46.4. The number of allylic oxidation sites excluding steroid dienone is 1. The van der Waals surface area contributed by atoms with Gasteiger partial charge in [-0.05, 0) is 131 Å². The van der Waals surface area contributed by atoms with E-state index in [1.807, 2.05) is 23.5 Å². The van der Waals surface area contributed by atoms with Gasteiger partial charge in [-0.2, -0.15) is 0 Å². The number of aliphatic hydroxyl groups is 2. The van der Waals surface area contributed by atoms with Crippen LogP contribution in [0, 0.1) is 0 Å². The molecule has 6 rings (SSSR count). The van der Waals surface area contributed by atoms with Crippen LogP contribution in [0.2, 0.25) is 0 Å². The highest BCUT2D eigenvalue weighted by Gasteiger charge is 2.20. The second kappa shape index (κ2) is 29.5. The maximum Gasteiger partial charge on any atom is 0.333 e. The van der Waals surface area contributed by atoms with Gasteiger partial charge in [-0.3, -0.25) is 4.79 Å². The van der Waals surface area contributed by atoms with Gasteiger partial charge >= 0.3 is 11.9 Å². The molecule has 342 valence electrons. The SMILES string of the molecule is C=C(C)C(=O)Cl.C=C(C)C(=O)OCCCSc1ccc2c(c1)Sc1ccc(SCCCOC(=O)C(=C)C)cc1S2.OCCCSc1ccc2c(c1)Sc1ccc(SCCCO)cc1S2. The Bertz CT molecular complexity index is 2110. The molecule has 0 aliphatic carbocycles. The van der Waals surface area contributed by atoms with Gasteiger partial charge in [-0.1, -0.05) is 66.8 Å². The van der Waals surface area contributed by atoms with E-state index in [1.165, 1.54) is 58.7 Å². The van der Waals surface area contributed by atoms with Gasteiger partial charge in [-0.15, -0.1) is 47.0 Å². The van der Waals surface area contributed by atoms with Crippen molar-refractivity contribution in [1.29, 1.82) is 0 Å². The molecule has 2 aliphatic heterocycles. The van der Waals surface area contributed by atoms with Crippen molar-refractivity contribution in [2.45, 2.75) is 105 Å². The number of hydrogen-bond acceptors (Lipinski definition) is 15. The van der Waals surface area contributed by atoms with E-state index in [2.05, 4.69) is 92.5 Å². The quantitative estimate of drug-likeness (QED) is 0.0234. The minimum Gasteiger partial charge on any atom is -0.462 e. The fourth-order valence-electron chi connectivity index (χ4n) is 5.03. The van der Waals surface area contributed by atoms with Gasteiger partial charge in [0.15, 0.2) is 0 Å². The molecule has 2 aliphatic rings. The fraction of sp³-hybridized carbons (Fsp3) is 0.312. The van der Waals surface area contributed by atoms with Gasteiger partial charge in [-0.25, -0.2) is 9.59 Å². The summed E-state index contributed by atoms with van der Waals surface area (Å²) in [7, 11) is 0. The van der Waals surface area contributed by atoms with E-state index < -0.39 is 5.24 Å². The van der Waals surface area contributed by atoms with Gasteiger partial charge in [0.1, 0.15) is 0 Å². The molecule has 0 amide bonds. The van der Waals surface area contributed by atoms with Gasteiger partial charge in [0.05, 0.1) is 13.2 Å². The van der Waals surface area contributed by atoms with E-state index in [9.17, 15) is 14.4 Å². The highest BCUT2D eigenvalue weighted by molar-refractivity contribution is 8.06. The van der Waals surface area contributed by atoms with E-state index >= 15 is 0 Å². The second-order valence-corrected chi connectivity index (χ2v) is 23.3. The van der Waals surface area contributed by atoms with Crippen LogP contribution >= 0.6 is 106 Å². The number of rotatable bonds is 21. The third kappa shape index (κ3) is 19.1. The Morgan fingerprint density at radius 2 is 0.750 bits per heavy atom. The molecule has 7 nitrogen and oxygen atoms in total. The Morgan fingerprint density at radius 1 is 0.484 bits per heavy atom. The van der Waals surface area contributed by atoms with Crippen LogP contribution in [0.4, 0.5) is 0 Å². The Morgan fingerprint density at radius 3 is 0.984 bits per heavy atom. The summed E-state index contributed by atoms with van der Waals surface area (Å²) >= 11 is 19.3. The molecular formula is C48H53ClO7S8. The van der Waals surface area contributed by atoms with E-state index in [1.54, 1.807) is 91.3 Å². The zero-order valence-electron chi connectivity index (χ0n) is 36.1. The predicted octanol–water partition coefficient (Wildman–Crippen LogP) is 14.1.